The van der Waals surface area contributed by atoms with Crippen molar-refractivity contribution < 1.29 is 28.8 Å². The van der Waals surface area contributed by atoms with Gasteiger partial charge in [0.1, 0.15) is 6.10 Å². The van der Waals surface area contributed by atoms with Crippen LogP contribution in [0.2, 0.25) is 0 Å². The fourth-order valence-electron chi connectivity index (χ4n) is 5.42. The lowest BCUT2D eigenvalue weighted by Crippen LogP contribution is -2.46. The third-order valence-electron chi connectivity index (χ3n) is 7.51. The molecule has 8 atom stereocenters. The van der Waals surface area contributed by atoms with Gasteiger partial charge in [0, 0.05) is 26.6 Å². The summed E-state index contributed by atoms with van der Waals surface area (Å²) in [4.78, 5) is 12.9. The normalized spacial score (nSPS) is 37.3. The molecule has 1 aromatic carbocycles. The second kappa shape index (κ2) is 12.8. The van der Waals surface area contributed by atoms with Crippen LogP contribution in [-0.4, -0.2) is 55.8 Å². The van der Waals surface area contributed by atoms with Gasteiger partial charge in [0.2, 0.25) is 0 Å². The van der Waals surface area contributed by atoms with Gasteiger partial charge in [0.05, 0.1) is 36.9 Å². The number of fused-ring (bicyclic) bond motifs is 2. The van der Waals surface area contributed by atoms with Crippen molar-refractivity contribution in [3.8, 4) is 0 Å². The molecular formula is C27H42O6. The highest BCUT2D eigenvalue weighted by Crippen LogP contribution is 2.35. The fraction of sp³-hybridized carbons (Fsp3) is 0.741. The molecule has 0 radical (unpaired) electrons. The zero-order valence-electron chi connectivity index (χ0n) is 20.7. The summed E-state index contributed by atoms with van der Waals surface area (Å²) in [5.41, 5.74) is 1.01. The SMILES string of the molecule is COC1CCCCC(c2ccccc2)OC(=O)CC2CC(O)C(C)C(O2)C(C)CCC1OC. The predicted octanol–water partition coefficient (Wildman–Crippen LogP) is 4.84. The van der Waals surface area contributed by atoms with Crippen LogP contribution in [-0.2, 0) is 23.7 Å². The summed E-state index contributed by atoms with van der Waals surface area (Å²) in [5, 5.41) is 10.7. The van der Waals surface area contributed by atoms with Crippen molar-refractivity contribution in [2.24, 2.45) is 11.8 Å². The van der Waals surface area contributed by atoms with Gasteiger partial charge in [0.15, 0.2) is 0 Å². The number of esters is 1. The molecule has 6 nitrogen and oxygen atoms in total. The highest BCUT2D eigenvalue weighted by atomic mass is 16.6. The molecular weight excluding hydrogens is 420 g/mol. The zero-order chi connectivity index (χ0) is 23.8. The number of rotatable bonds is 3. The summed E-state index contributed by atoms with van der Waals surface area (Å²) in [7, 11) is 3.50. The van der Waals surface area contributed by atoms with Crippen molar-refractivity contribution in [2.75, 3.05) is 14.2 Å². The molecule has 1 aromatic rings. The summed E-state index contributed by atoms with van der Waals surface area (Å²) < 4.78 is 24.0. The lowest BCUT2D eigenvalue weighted by molar-refractivity contribution is -0.172. The smallest absolute Gasteiger partial charge is 0.309 e. The third kappa shape index (κ3) is 7.25. The zero-order valence-corrected chi connectivity index (χ0v) is 20.7. The summed E-state index contributed by atoms with van der Waals surface area (Å²) in [5.74, 6) is -0.0145. The Morgan fingerprint density at radius 1 is 0.939 bits per heavy atom. The molecule has 186 valence electrons. The van der Waals surface area contributed by atoms with Gasteiger partial charge >= 0.3 is 5.97 Å². The second-order valence-electron chi connectivity index (χ2n) is 9.87. The van der Waals surface area contributed by atoms with Crippen LogP contribution in [0.4, 0.5) is 0 Å². The molecule has 0 spiro atoms. The molecule has 2 fully saturated rings. The number of aliphatic hydroxyl groups is 1. The molecule has 2 saturated heterocycles. The van der Waals surface area contributed by atoms with Gasteiger partial charge in [-0.2, -0.15) is 0 Å². The Kier molecular flexibility index (Phi) is 10.2. The maximum Gasteiger partial charge on any atom is 0.309 e. The maximum absolute atomic E-state index is 12.9. The third-order valence-corrected chi connectivity index (χ3v) is 7.51. The fourth-order valence-corrected chi connectivity index (χ4v) is 5.42. The number of carbonyl (C=O) groups is 1. The number of carbonyl (C=O) groups excluding carboxylic acids is 1. The van der Waals surface area contributed by atoms with E-state index in [0.717, 1.165) is 44.1 Å². The molecule has 2 aliphatic heterocycles. The van der Waals surface area contributed by atoms with E-state index in [1.165, 1.54) is 0 Å². The molecule has 33 heavy (non-hydrogen) atoms. The molecule has 2 aliphatic rings. The first-order valence-electron chi connectivity index (χ1n) is 12.6. The molecule has 1 N–H and O–H groups in total. The molecule has 2 bridgehead atoms. The topological polar surface area (TPSA) is 74.2 Å². The minimum atomic E-state index is -0.488. The monoisotopic (exact) mass is 462 g/mol. The van der Waals surface area contributed by atoms with Crippen LogP contribution in [0.3, 0.4) is 0 Å². The second-order valence-corrected chi connectivity index (χ2v) is 9.87. The predicted molar refractivity (Wildman–Crippen MR) is 127 cm³/mol. The maximum atomic E-state index is 12.9. The largest absolute Gasteiger partial charge is 0.457 e. The average Bonchev–Trinajstić information content (AvgIpc) is 2.81. The van der Waals surface area contributed by atoms with Crippen molar-refractivity contribution >= 4 is 5.97 Å². The van der Waals surface area contributed by atoms with E-state index < -0.39 is 6.10 Å². The van der Waals surface area contributed by atoms with E-state index in [9.17, 15) is 9.90 Å². The number of aliphatic hydroxyl groups excluding tert-OH is 1. The van der Waals surface area contributed by atoms with Crippen molar-refractivity contribution in [3.63, 3.8) is 0 Å². The molecule has 8 unspecified atom stereocenters. The number of benzene rings is 1. The van der Waals surface area contributed by atoms with E-state index in [-0.39, 0.29) is 54.7 Å². The Balaban J connectivity index is 1.80. The summed E-state index contributed by atoms with van der Waals surface area (Å²) in [6, 6.07) is 9.93. The highest BCUT2D eigenvalue weighted by Gasteiger charge is 2.39. The van der Waals surface area contributed by atoms with E-state index >= 15 is 0 Å². The van der Waals surface area contributed by atoms with Crippen LogP contribution in [0.15, 0.2) is 30.3 Å². The quantitative estimate of drug-likeness (QED) is 0.648. The Morgan fingerprint density at radius 2 is 1.61 bits per heavy atom. The first-order valence-corrected chi connectivity index (χ1v) is 12.6. The highest BCUT2D eigenvalue weighted by molar-refractivity contribution is 5.70. The molecule has 0 aromatic heterocycles. The lowest BCUT2D eigenvalue weighted by Gasteiger charge is -2.41. The Labute approximate surface area is 198 Å². The van der Waals surface area contributed by atoms with E-state index in [1.54, 1.807) is 14.2 Å². The number of ether oxygens (including phenoxy) is 4. The molecule has 2 heterocycles. The molecule has 6 heteroatoms. The van der Waals surface area contributed by atoms with Crippen molar-refractivity contribution in [2.45, 2.75) is 102 Å². The Hall–Kier alpha value is -1.47. The molecule has 0 aliphatic carbocycles. The number of cyclic esters (lactones) is 1. The van der Waals surface area contributed by atoms with Gasteiger partial charge in [-0.15, -0.1) is 0 Å². The van der Waals surface area contributed by atoms with Gasteiger partial charge in [-0.1, -0.05) is 50.6 Å². The van der Waals surface area contributed by atoms with E-state index in [2.05, 4.69) is 6.92 Å². The van der Waals surface area contributed by atoms with Gasteiger partial charge in [-0.25, -0.2) is 0 Å². The number of methoxy groups -OCH3 is 2. The minimum absolute atomic E-state index is 0.0161. The van der Waals surface area contributed by atoms with E-state index in [4.69, 9.17) is 18.9 Å². The van der Waals surface area contributed by atoms with Gasteiger partial charge in [-0.3, -0.25) is 4.79 Å². The van der Waals surface area contributed by atoms with E-state index in [1.807, 2.05) is 37.3 Å². The first kappa shape index (κ1) is 26.1. The summed E-state index contributed by atoms with van der Waals surface area (Å²) in [6.07, 6.45) is 4.81. The Bertz CT molecular complexity index is 710. The van der Waals surface area contributed by atoms with Gasteiger partial charge in [0.25, 0.3) is 0 Å². The first-order chi connectivity index (χ1) is 15.9. The minimum Gasteiger partial charge on any atom is -0.457 e. The van der Waals surface area contributed by atoms with E-state index in [0.29, 0.717) is 6.42 Å². The van der Waals surface area contributed by atoms with Crippen molar-refractivity contribution in [1.82, 2.24) is 0 Å². The number of hydrogen-bond acceptors (Lipinski definition) is 6. The molecule has 3 rings (SSSR count). The van der Waals surface area contributed by atoms with Crippen molar-refractivity contribution in [3.05, 3.63) is 35.9 Å². The van der Waals surface area contributed by atoms with Crippen molar-refractivity contribution in [1.29, 1.82) is 0 Å². The number of hydrogen-bond donors (Lipinski definition) is 1. The van der Waals surface area contributed by atoms with Crippen LogP contribution >= 0.6 is 0 Å². The van der Waals surface area contributed by atoms with Crippen LogP contribution < -0.4 is 0 Å². The van der Waals surface area contributed by atoms with Crippen LogP contribution in [0.1, 0.15) is 76.9 Å². The van der Waals surface area contributed by atoms with Gasteiger partial charge in [-0.05, 0) is 43.6 Å². The van der Waals surface area contributed by atoms with Crippen LogP contribution in [0.25, 0.3) is 0 Å². The standard InChI is InChI=1S/C27H42O6/c1-18-14-15-25(31-4)24(30-3)13-9-8-12-23(20-10-6-5-7-11-20)33-26(29)17-21-16-22(28)19(2)27(18)32-21/h5-7,10-11,18-19,21-25,27-28H,8-9,12-17H2,1-4H3. The summed E-state index contributed by atoms with van der Waals surface area (Å²) in [6.45, 7) is 4.20. The summed E-state index contributed by atoms with van der Waals surface area (Å²) >= 11 is 0. The molecule has 0 amide bonds. The van der Waals surface area contributed by atoms with Gasteiger partial charge < -0.3 is 24.1 Å². The lowest BCUT2D eigenvalue weighted by atomic mass is 9.81. The van der Waals surface area contributed by atoms with Crippen LogP contribution in [0, 0.1) is 11.8 Å². The van der Waals surface area contributed by atoms with Crippen LogP contribution in [0.5, 0.6) is 0 Å². The Morgan fingerprint density at radius 3 is 2.30 bits per heavy atom. The molecule has 0 saturated carbocycles. The average molecular weight is 463 g/mol.